The number of β-amino-alcohol motifs (C(OH)–C–C–N with tert-alkyl or cyclic N) is 1. The first kappa shape index (κ1) is 20.3. The minimum absolute atomic E-state index is 0.0252. The topological polar surface area (TPSA) is 84.1 Å². The zero-order chi connectivity index (χ0) is 21.9. The number of imidazole rings is 1. The number of hydrogen-bond acceptors (Lipinski definition) is 5. The number of carbonyl (C=O) groups is 1. The summed E-state index contributed by atoms with van der Waals surface area (Å²) in [6, 6.07) is 17.8. The van der Waals surface area contributed by atoms with Crippen LogP contribution < -0.4 is 0 Å². The van der Waals surface area contributed by atoms with Gasteiger partial charge in [0.1, 0.15) is 5.52 Å². The molecule has 4 aromatic rings. The van der Waals surface area contributed by atoms with Gasteiger partial charge >= 0.3 is 0 Å². The Hall–Kier alpha value is -3.58. The summed E-state index contributed by atoms with van der Waals surface area (Å²) in [5.41, 5.74) is 4.15. The van der Waals surface area contributed by atoms with Crippen LogP contribution in [0.4, 0.5) is 0 Å². The Morgan fingerprint density at radius 3 is 2.69 bits per heavy atom. The Labute approximate surface area is 186 Å². The number of amides is 1. The molecule has 1 N–H and O–H groups in total. The zero-order valence-corrected chi connectivity index (χ0v) is 17.7. The van der Waals surface area contributed by atoms with Crippen molar-refractivity contribution in [3.8, 4) is 0 Å². The number of aryl methyl sites for hydroxylation is 2. The Balaban J connectivity index is 1.27. The summed E-state index contributed by atoms with van der Waals surface area (Å²) in [4.78, 5) is 28.1. The molecular formula is C25H25N5O2. The monoisotopic (exact) mass is 427 g/mol. The van der Waals surface area contributed by atoms with E-state index in [-0.39, 0.29) is 11.8 Å². The number of aromatic nitrogens is 4. The lowest BCUT2D eigenvalue weighted by Crippen LogP contribution is -2.29. The summed E-state index contributed by atoms with van der Waals surface area (Å²) in [6.45, 7) is 1.59. The van der Waals surface area contributed by atoms with E-state index in [4.69, 9.17) is 0 Å². The van der Waals surface area contributed by atoms with Crippen LogP contribution in [0.3, 0.4) is 0 Å². The van der Waals surface area contributed by atoms with Crippen molar-refractivity contribution in [1.29, 1.82) is 0 Å². The number of rotatable bonds is 6. The van der Waals surface area contributed by atoms with E-state index in [9.17, 15) is 9.90 Å². The van der Waals surface area contributed by atoms with Crippen molar-refractivity contribution in [1.82, 2.24) is 24.4 Å². The minimum Gasteiger partial charge on any atom is -0.391 e. The second-order valence-corrected chi connectivity index (χ2v) is 8.30. The van der Waals surface area contributed by atoms with E-state index >= 15 is 0 Å². The van der Waals surface area contributed by atoms with Gasteiger partial charge in [-0.15, -0.1) is 0 Å². The van der Waals surface area contributed by atoms with Gasteiger partial charge in [-0.25, -0.2) is 9.97 Å². The van der Waals surface area contributed by atoms with Gasteiger partial charge in [-0.1, -0.05) is 36.4 Å². The molecule has 1 amide bonds. The summed E-state index contributed by atoms with van der Waals surface area (Å²) in [7, 11) is 0. The summed E-state index contributed by atoms with van der Waals surface area (Å²) in [5, 5.41) is 10.5. The molecule has 7 nitrogen and oxygen atoms in total. The quantitative estimate of drug-likeness (QED) is 0.512. The highest BCUT2D eigenvalue weighted by Crippen LogP contribution is 2.23. The predicted octanol–water partition coefficient (Wildman–Crippen LogP) is 2.74. The number of carbonyl (C=O) groups excluding carboxylic acids is 1. The summed E-state index contributed by atoms with van der Waals surface area (Å²) in [6.07, 6.45) is 6.11. The van der Waals surface area contributed by atoms with Gasteiger partial charge in [-0.05, 0) is 36.6 Å². The molecule has 1 saturated heterocycles. The zero-order valence-electron chi connectivity index (χ0n) is 17.7. The molecule has 1 aliphatic rings. The highest BCUT2D eigenvalue weighted by molar-refractivity contribution is 5.96. The maximum absolute atomic E-state index is 13.1. The van der Waals surface area contributed by atoms with Crippen LogP contribution in [0.25, 0.3) is 11.2 Å². The maximum atomic E-state index is 13.1. The van der Waals surface area contributed by atoms with E-state index in [0.29, 0.717) is 30.6 Å². The molecule has 1 aliphatic heterocycles. The molecule has 0 unspecified atom stereocenters. The van der Waals surface area contributed by atoms with Crippen molar-refractivity contribution >= 4 is 17.1 Å². The second kappa shape index (κ2) is 8.88. The number of nitrogens with zero attached hydrogens (tertiary/aromatic N) is 5. The van der Waals surface area contributed by atoms with Crippen LogP contribution >= 0.6 is 0 Å². The van der Waals surface area contributed by atoms with Crippen molar-refractivity contribution < 1.29 is 9.90 Å². The van der Waals surface area contributed by atoms with Gasteiger partial charge in [0.25, 0.3) is 5.91 Å². The molecule has 4 heterocycles. The van der Waals surface area contributed by atoms with E-state index in [0.717, 1.165) is 24.3 Å². The van der Waals surface area contributed by atoms with Gasteiger partial charge in [0.2, 0.25) is 0 Å². The van der Waals surface area contributed by atoms with Gasteiger partial charge in [0.15, 0.2) is 5.65 Å². The molecule has 1 fully saturated rings. The number of aliphatic hydroxyl groups excluding tert-OH is 1. The van der Waals surface area contributed by atoms with E-state index < -0.39 is 6.10 Å². The molecule has 0 aliphatic carbocycles. The van der Waals surface area contributed by atoms with Crippen molar-refractivity contribution in [3.63, 3.8) is 0 Å². The Bertz CT molecular complexity index is 1210. The number of hydrogen-bond donors (Lipinski definition) is 1. The number of aliphatic hydroxyl groups is 1. The van der Waals surface area contributed by atoms with Crippen LogP contribution in [-0.2, 0) is 19.4 Å². The number of fused-ring (bicyclic) bond motifs is 1. The van der Waals surface area contributed by atoms with E-state index in [2.05, 4.69) is 27.1 Å². The number of benzene rings is 1. The second-order valence-electron chi connectivity index (χ2n) is 8.30. The van der Waals surface area contributed by atoms with E-state index in [1.165, 1.54) is 5.56 Å². The van der Waals surface area contributed by atoms with Gasteiger partial charge in [0, 0.05) is 43.6 Å². The molecule has 32 heavy (non-hydrogen) atoms. The lowest BCUT2D eigenvalue weighted by atomic mass is 10.00. The lowest BCUT2D eigenvalue weighted by Gasteiger charge is -2.16. The summed E-state index contributed by atoms with van der Waals surface area (Å²) < 4.78 is 2.01. The SMILES string of the molecule is O=C(c1cnc2c(c1)ncn2CCc1ccccc1)N1C[C@@H](Cc2ccccn2)[C@H](O)C1. The van der Waals surface area contributed by atoms with Crippen LogP contribution in [-0.4, -0.2) is 54.6 Å². The largest absolute Gasteiger partial charge is 0.391 e. The van der Waals surface area contributed by atoms with E-state index in [1.807, 2.05) is 41.0 Å². The maximum Gasteiger partial charge on any atom is 0.255 e. The fraction of sp³-hybridized carbons (Fsp3) is 0.280. The van der Waals surface area contributed by atoms with Crippen LogP contribution in [0.15, 0.2) is 73.3 Å². The fourth-order valence-corrected chi connectivity index (χ4v) is 4.31. The Morgan fingerprint density at radius 1 is 1.03 bits per heavy atom. The Kier molecular flexibility index (Phi) is 5.64. The Morgan fingerprint density at radius 2 is 1.88 bits per heavy atom. The van der Waals surface area contributed by atoms with Crippen LogP contribution in [0.5, 0.6) is 0 Å². The molecule has 0 bridgehead atoms. The van der Waals surface area contributed by atoms with Crippen molar-refractivity contribution in [3.05, 3.63) is 90.1 Å². The number of pyridine rings is 2. The molecular weight excluding hydrogens is 402 g/mol. The van der Waals surface area contributed by atoms with Crippen molar-refractivity contribution in [2.24, 2.45) is 5.92 Å². The highest BCUT2D eigenvalue weighted by Gasteiger charge is 2.34. The third kappa shape index (κ3) is 4.24. The van der Waals surface area contributed by atoms with Crippen molar-refractivity contribution in [2.45, 2.75) is 25.5 Å². The molecule has 0 spiro atoms. The van der Waals surface area contributed by atoms with E-state index in [1.54, 1.807) is 29.7 Å². The fourth-order valence-electron chi connectivity index (χ4n) is 4.31. The minimum atomic E-state index is -0.560. The standard InChI is InChI=1S/C25H25N5O2/c31-23-16-30(15-20(23)12-21-8-4-5-10-26-21)25(32)19-13-22-24(27-14-19)29(17-28-22)11-9-18-6-2-1-3-7-18/h1-8,10,13-14,17,20,23,31H,9,11-12,15-16H2/t20-,23-/m1/s1. The normalized spacial score (nSPS) is 18.3. The first-order valence-corrected chi connectivity index (χ1v) is 10.9. The van der Waals surface area contributed by atoms with Gasteiger partial charge in [0.05, 0.1) is 18.0 Å². The van der Waals surface area contributed by atoms with Gasteiger partial charge < -0.3 is 14.6 Å². The average molecular weight is 428 g/mol. The molecule has 3 aromatic heterocycles. The predicted molar refractivity (Wildman–Crippen MR) is 121 cm³/mol. The molecule has 1 aromatic carbocycles. The number of likely N-dealkylation sites (tertiary alicyclic amines) is 1. The molecule has 5 rings (SSSR count). The van der Waals surface area contributed by atoms with Gasteiger partial charge in [-0.2, -0.15) is 0 Å². The smallest absolute Gasteiger partial charge is 0.255 e. The average Bonchev–Trinajstić information content (AvgIpc) is 3.41. The molecule has 0 radical (unpaired) electrons. The van der Waals surface area contributed by atoms with Crippen LogP contribution in [0.1, 0.15) is 21.6 Å². The highest BCUT2D eigenvalue weighted by atomic mass is 16.3. The molecule has 7 heteroatoms. The van der Waals surface area contributed by atoms with Crippen LogP contribution in [0, 0.1) is 5.92 Å². The first-order valence-electron chi connectivity index (χ1n) is 10.9. The molecule has 0 saturated carbocycles. The lowest BCUT2D eigenvalue weighted by molar-refractivity contribution is 0.0764. The van der Waals surface area contributed by atoms with Crippen LogP contribution in [0.2, 0.25) is 0 Å². The van der Waals surface area contributed by atoms with Crippen molar-refractivity contribution in [2.75, 3.05) is 13.1 Å². The summed E-state index contributed by atoms with van der Waals surface area (Å²) in [5.74, 6) is -0.149. The first-order chi connectivity index (χ1) is 15.7. The molecule has 2 atom stereocenters. The third-order valence-corrected chi connectivity index (χ3v) is 6.08. The molecule has 162 valence electrons. The summed E-state index contributed by atoms with van der Waals surface area (Å²) >= 11 is 0. The third-order valence-electron chi connectivity index (χ3n) is 6.08. The van der Waals surface area contributed by atoms with Gasteiger partial charge in [-0.3, -0.25) is 9.78 Å².